The molecule has 0 unspecified atom stereocenters. The van der Waals surface area contributed by atoms with Crippen molar-refractivity contribution in [3.8, 4) is 11.8 Å². The molecule has 0 bridgehead atoms. The average Bonchev–Trinajstić information content (AvgIpc) is 2.89. The van der Waals surface area contributed by atoms with E-state index in [-0.39, 0.29) is 22.5 Å². The van der Waals surface area contributed by atoms with Gasteiger partial charge in [0.2, 0.25) is 0 Å². The standard InChI is InChI=1S/C28H18FN5O2/c1-17-24(15-30)28(36)34(21-12-10-20(29)11-13-21)33-26(17)27(35)32-31-16-25-22-8-4-2-6-18(22)14-19-7-3-5-9-23(19)25/h2-14,16H,1H3,(H,32,35)/b31-16+. The molecule has 0 aliphatic carbocycles. The van der Waals surface area contributed by atoms with E-state index in [1.165, 1.54) is 19.1 Å². The second-order valence-electron chi connectivity index (χ2n) is 8.09. The second-order valence-corrected chi connectivity index (χ2v) is 8.09. The molecule has 1 aromatic heterocycles. The Morgan fingerprint density at radius 3 is 2.25 bits per heavy atom. The fourth-order valence-electron chi connectivity index (χ4n) is 4.11. The molecule has 0 atom stereocenters. The predicted molar refractivity (Wildman–Crippen MR) is 136 cm³/mol. The van der Waals surface area contributed by atoms with E-state index in [4.69, 9.17) is 0 Å². The van der Waals surface area contributed by atoms with Crippen LogP contribution in [0.25, 0.3) is 27.2 Å². The van der Waals surface area contributed by atoms with Gasteiger partial charge in [0, 0.05) is 11.1 Å². The van der Waals surface area contributed by atoms with E-state index < -0.39 is 17.3 Å². The van der Waals surface area contributed by atoms with Gasteiger partial charge in [-0.05, 0) is 58.8 Å². The molecule has 36 heavy (non-hydrogen) atoms. The second kappa shape index (κ2) is 9.24. The Morgan fingerprint density at radius 1 is 1.03 bits per heavy atom. The SMILES string of the molecule is Cc1c(C(=O)N/N=C/c2c3ccccc3cc3ccccc23)nn(-c2ccc(F)cc2)c(=O)c1C#N. The lowest BCUT2D eigenvalue weighted by atomic mass is 9.97. The van der Waals surface area contributed by atoms with Gasteiger partial charge in [0.05, 0.1) is 11.9 Å². The summed E-state index contributed by atoms with van der Waals surface area (Å²) in [6.45, 7) is 1.47. The third kappa shape index (κ3) is 3.99. The molecule has 0 saturated heterocycles. The number of carbonyl (C=O) groups is 1. The molecule has 0 saturated carbocycles. The Labute approximate surface area is 204 Å². The topological polar surface area (TPSA) is 100 Å². The Balaban J connectivity index is 1.54. The van der Waals surface area contributed by atoms with Crippen LogP contribution in [0.4, 0.5) is 4.39 Å². The summed E-state index contributed by atoms with van der Waals surface area (Å²) < 4.78 is 14.3. The zero-order chi connectivity index (χ0) is 25.2. The van der Waals surface area contributed by atoms with Crippen LogP contribution in [0.2, 0.25) is 0 Å². The zero-order valence-corrected chi connectivity index (χ0v) is 19.1. The zero-order valence-electron chi connectivity index (χ0n) is 19.1. The van der Waals surface area contributed by atoms with E-state index in [0.717, 1.165) is 43.9 Å². The van der Waals surface area contributed by atoms with Crippen molar-refractivity contribution in [2.24, 2.45) is 5.10 Å². The van der Waals surface area contributed by atoms with Crippen LogP contribution in [0.3, 0.4) is 0 Å². The van der Waals surface area contributed by atoms with E-state index in [1.54, 1.807) is 6.21 Å². The maximum Gasteiger partial charge on any atom is 0.292 e. The summed E-state index contributed by atoms with van der Waals surface area (Å²) >= 11 is 0. The van der Waals surface area contributed by atoms with Gasteiger partial charge in [0.15, 0.2) is 5.69 Å². The van der Waals surface area contributed by atoms with Crippen LogP contribution in [-0.2, 0) is 0 Å². The van der Waals surface area contributed by atoms with E-state index in [9.17, 15) is 19.2 Å². The highest BCUT2D eigenvalue weighted by Gasteiger charge is 2.20. The lowest BCUT2D eigenvalue weighted by Crippen LogP contribution is -2.31. The molecule has 8 heteroatoms. The minimum Gasteiger partial charge on any atom is -0.266 e. The number of nitriles is 1. The molecule has 0 spiro atoms. The Hall–Kier alpha value is -5.16. The highest BCUT2D eigenvalue weighted by atomic mass is 19.1. The Bertz CT molecular complexity index is 1730. The molecule has 0 fully saturated rings. The number of aromatic nitrogens is 2. The first-order chi connectivity index (χ1) is 17.5. The molecule has 1 N–H and O–H groups in total. The number of carbonyl (C=O) groups excluding carboxylic acids is 1. The van der Waals surface area contributed by atoms with Crippen molar-refractivity contribution >= 4 is 33.7 Å². The molecule has 1 heterocycles. The van der Waals surface area contributed by atoms with E-state index >= 15 is 0 Å². The van der Waals surface area contributed by atoms with Gasteiger partial charge in [-0.1, -0.05) is 48.5 Å². The predicted octanol–water partition coefficient (Wildman–Crippen LogP) is 4.62. The molecule has 0 aliphatic heterocycles. The highest BCUT2D eigenvalue weighted by Crippen LogP contribution is 2.27. The Morgan fingerprint density at radius 2 is 1.64 bits per heavy atom. The van der Waals surface area contributed by atoms with Gasteiger partial charge in [0.25, 0.3) is 11.5 Å². The quantitative estimate of drug-likeness (QED) is 0.233. The van der Waals surface area contributed by atoms with Gasteiger partial charge in [-0.25, -0.2) is 9.82 Å². The largest absolute Gasteiger partial charge is 0.292 e. The van der Waals surface area contributed by atoms with Crippen molar-refractivity contribution in [1.82, 2.24) is 15.2 Å². The summed E-state index contributed by atoms with van der Waals surface area (Å²) in [4.78, 5) is 25.8. The number of fused-ring (bicyclic) bond motifs is 2. The number of rotatable bonds is 4. The molecule has 5 aromatic rings. The van der Waals surface area contributed by atoms with Crippen LogP contribution < -0.4 is 11.0 Å². The number of nitrogens with zero attached hydrogens (tertiary/aromatic N) is 4. The smallest absolute Gasteiger partial charge is 0.266 e. The monoisotopic (exact) mass is 475 g/mol. The molecule has 4 aromatic carbocycles. The minimum atomic E-state index is -0.705. The lowest BCUT2D eigenvalue weighted by molar-refractivity contribution is 0.0947. The fraction of sp³-hybridized carbons (Fsp3) is 0.0357. The summed E-state index contributed by atoms with van der Waals surface area (Å²) in [6, 6.07) is 24.7. The van der Waals surface area contributed by atoms with Crippen molar-refractivity contribution < 1.29 is 9.18 Å². The van der Waals surface area contributed by atoms with Crippen molar-refractivity contribution in [3.05, 3.63) is 117 Å². The first-order valence-electron chi connectivity index (χ1n) is 11.0. The van der Waals surface area contributed by atoms with Gasteiger partial charge in [-0.15, -0.1) is 0 Å². The number of halogens is 1. The molecular weight excluding hydrogens is 457 g/mol. The van der Waals surface area contributed by atoms with E-state index in [1.807, 2.05) is 54.6 Å². The number of hydrogen-bond donors (Lipinski definition) is 1. The van der Waals surface area contributed by atoms with E-state index in [2.05, 4.69) is 21.7 Å². The maximum atomic E-state index is 13.4. The normalized spacial score (nSPS) is 11.1. The minimum absolute atomic E-state index is 0.129. The van der Waals surface area contributed by atoms with Gasteiger partial charge < -0.3 is 0 Å². The van der Waals surface area contributed by atoms with E-state index in [0.29, 0.717) is 0 Å². The first-order valence-corrected chi connectivity index (χ1v) is 11.0. The highest BCUT2D eigenvalue weighted by molar-refractivity contribution is 6.13. The van der Waals surface area contributed by atoms with Gasteiger partial charge in [0.1, 0.15) is 17.4 Å². The third-order valence-corrected chi connectivity index (χ3v) is 5.91. The number of nitrogens with one attached hydrogen (secondary N) is 1. The molecular formula is C28H18FN5O2. The molecule has 5 rings (SSSR count). The first kappa shape index (κ1) is 22.6. The van der Waals surface area contributed by atoms with Crippen LogP contribution in [-0.4, -0.2) is 21.9 Å². The van der Waals surface area contributed by atoms with Gasteiger partial charge >= 0.3 is 0 Å². The maximum absolute atomic E-state index is 13.4. The Kier molecular flexibility index (Phi) is 5.80. The number of hydrogen-bond acceptors (Lipinski definition) is 5. The van der Waals surface area contributed by atoms with Crippen molar-refractivity contribution in [2.75, 3.05) is 0 Å². The van der Waals surface area contributed by atoms with Crippen LogP contribution >= 0.6 is 0 Å². The summed E-state index contributed by atoms with van der Waals surface area (Å²) in [6.07, 6.45) is 1.57. The van der Waals surface area contributed by atoms with Crippen LogP contribution in [0.5, 0.6) is 0 Å². The molecule has 1 amide bonds. The summed E-state index contributed by atoms with van der Waals surface area (Å²) in [5.74, 6) is -1.19. The number of amides is 1. The van der Waals surface area contributed by atoms with Crippen molar-refractivity contribution in [3.63, 3.8) is 0 Å². The summed E-state index contributed by atoms with van der Waals surface area (Å²) in [5, 5.41) is 21.9. The number of benzene rings is 4. The molecule has 0 aliphatic rings. The van der Waals surface area contributed by atoms with Crippen LogP contribution in [0, 0.1) is 24.1 Å². The average molecular weight is 475 g/mol. The molecule has 0 radical (unpaired) electrons. The number of hydrazone groups is 1. The van der Waals surface area contributed by atoms with Crippen LogP contribution in [0.1, 0.15) is 27.2 Å². The fourth-order valence-corrected chi connectivity index (χ4v) is 4.11. The summed E-state index contributed by atoms with van der Waals surface area (Å²) in [5.41, 5.74) is 2.56. The third-order valence-electron chi connectivity index (χ3n) is 5.91. The van der Waals surface area contributed by atoms with Gasteiger partial charge in [-0.3, -0.25) is 9.59 Å². The molecule has 174 valence electrons. The van der Waals surface area contributed by atoms with Crippen molar-refractivity contribution in [2.45, 2.75) is 6.92 Å². The lowest BCUT2D eigenvalue weighted by Gasteiger charge is -2.11. The van der Waals surface area contributed by atoms with Crippen LogP contribution in [0.15, 0.2) is 88.8 Å². The summed E-state index contributed by atoms with van der Waals surface area (Å²) in [7, 11) is 0. The van der Waals surface area contributed by atoms with Gasteiger partial charge in [-0.2, -0.15) is 20.1 Å². The van der Waals surface area contributed by atoms with Crippen molar-refractivity contribution in [1.29, 1.82) is 5.26 Å². The molecule has 7 nitrogen and oxygen atoms in total.